The summed E-state index contributed by atoms with van der Waals surface area (Å²) in [7, 11) is 0. The van der Waals surface area contributed by atoms with E-state index in [9.17, 15) is 4.79 Å². The number of carbonyl (C=O) groups is 1. The lowest BCUT2D eigenvalue weighted by molar-refractivity contribution is -0.123. The lowest BCUT2D eigenvalue weighted by Gasteiger charge is -2.33. The van der Waals surface area contributed by atoms with Gasteiger partial charge in [0.15, 0.2) is 0 Å². The highest BCUT2D eigenvalue weighted by molar-refractivity contribution is 7.11. The van der Waals surface area contributed by atoms with E-state index >= 15 is 0 Å². The number of aryl methyl sites for hydroxylation is 1. The van der Waals surface area contributed by atoms with Crippen LogP contribution >= 0.6 is 11.3 Å². The molecule has 0 bridgehead atoms. The summed E-state index contributed by atoms with van der Waals surface area (Å²) in [4.78, 5) is 19.4. The van der Waals surface area contributed by atoms with E-state index in [2.05, 4.69) is 9.88 Å². The lowest BCUT2D eigenvalue weighted by atomic mass is 9.99. The topological polar surface area (TPSA) is 33.2 Å². The van der Waals surface area contributed by atoms with E-state index in [1.165, 1.54) is 17.7 Å². The van der Waals surface area contributed by atoms with E-state index in [1.54, 1.807) is 18.3 Å². The minimum atomic E-state index is 0.135. The molecule has 3 nitrogen and oxygen atoms in total. The van der Waals surface area contributed by atoms with Crippen LogP contribution in [0.1, 0.15) is 36.1 Å². The molecule has 1 aromatic rings. The molecule has 0 saturated carbocycles. The van der Waals surface area contributed by atoms with Gasteiger partial charge in [-0.05, 0) is 33.2 Å². The fourth-order valence-corrected chi connectivity index (χ4v) is 3.14. The number of likely N-dealkylation sites (tertiary alicyclic amines) is 1. The molecule has 0 amide bonds. The van der Waals surface area contributed by atoms with E-state index in [1.807, 2.05) is 13.1 Å². The third kappa shape index (κ3) is 2.68. The summed E-state index contributed by atoms with van der Waals surface area (Å²) < 4.78 is 0. The van der Waals surface area contributed by atoms with E-state index in [0.29, 0.717) is 5.78 Å². The average Bonchev–Trinajstić information content (AvgIpc) is 2.64. The summed E-state index contributed by atoms with van der Waals surface area (Å²) in [6.45, 7) is 5.66. The monoisotopic (exact) mass is 238 g/mol. The Morgan fingerprint density at radius 2 is 2.44 bits per heavy atom. The van der Waals surface area contributed by atoms with Crippen molar-refractivity contribution >= 4 is 17.1 Å². The molecule has 2 rings (SSSR count). The van der Waals surface area contributed by atoms with Gasteiger partial charge in [-0.1, -0.05) is 6.42 Å². The van der Waals surface area contributed by atoms with Gasteiger partial charge in [0, 0.05) is 17.6 Å². The highest BCUT2D eigenvalue weighted by Crippen LogP contribution is 2.22. The largest absolute Gasteiger partial charge is 0.298 e. The zero-order valence-corrected chi connectivity index (χ0v) is 10.7. The first kappa shape index (κ1) is 11.7. The molecule has 0 spiro atoms. The Hall–Kier alpha value is -0.740. The van der Waals surface area contributed by atoms with Gasteiger partial charge >= 0.3 is 0 Å². The maximum atomic E-state index is 11.6. The number of piperidine rings is 1. The van der Waals surface area contributed by atoms with E-state index in [4.69, 9.17) is 0 Å². The van der Waals surface area contributed by atoms with E-state index < -0.39 is 0 Å². The Bertz CT molecular complexity index is 375. The van der Waals surface area contributed by atoms with Crippen LogP contribution < -0.4 is 0 Å². The number of rotatable bonds is 3. The SMILES string of the molecule is CC(=O)C1CCCCN1Cc1cnc(C)s1. The number of hydrogen-bond acceptors (Lipinski definition) is 4. The van der Waals surface area contributed by atoms with Crippen LogP contribution in [0.5, 0.6) is 0 Å². The third-order valence-electron chi connectivity index (χ3n) is 3.11. The highest BCUT2D eigenvalue weighted by atomic mass is 32.1. The van der Waals surface area contributed by atoms with E-state index in [-0.39, 0.29) is 6.04 Å². The zero-order chi connectivity index (χ0) is 11.5. The molecule has 1 aromatic heterocycles. The number of ketones is 1. The summed E-state index contributed by atoms with van der Waals surface area (Å²) in [5, 5.41) is 1.10. The first-order valence-corrected chi connectivity index (χ1v) is 6.64. The number of hydrogen-bond donors (Lipinski definition) is 0. The van der Waals surface area contributed by atoms with Crippen LogP contribution in [0.25, 0.3) is 0 Å². The van der Waals surface area contributed by atoms with Crippen molar-refractivity contribution in [2.75, 3.05) is 6.54 Å². The molecular weight excluding hydrogens is 220 g/mol. The van der Waals surface area contributed by atoms with Crippen LogP contribution in [0.2, 0.25) is 0 Å². The van der Waals surface area contributed by atoms with Crippen molar-refractivity contribution in [2.24, 2.45) is 0 Å². The third-order valence-corrected chi connectivity index (χ3v) is 4.01. The summed E-state index contributed by atoms with van der Waals surface area (Å²) in [6, 6.07) is 0.135. The van der Waals surface area contributed by atoms with Crippen molar-refractivity contribution < 1.29 is 4.79 Å². The van der Waals surface area contributed by atoms with Gasteiger partial charge in [-0.3, -0.25) is 9.69 Å². The Balaban J connectivity index is 2.03. The molecule has 4 heteroatoms. The minimum Gasteiger partial charge on any atom is -0.298 e. The normalized spacial score (nSPS) is 22.2. The summed E-state index contributed by atoms with van der Waals surface area (Å²) in [6.07, 6.45) is 5.35. The van der Waals surface area contributed by atoms with Gasteiger partial charge in [0.1, 0.15) is 5.78 Å². The van der Waals surface area contributed by atoms with Crippen LogP contribution in [0.3, 0.4) is 0 Å². The molecular formula is C12H18N2OS. The number of Topliss-reactive ketones (excluding diaryl/α,β-unsaturated/α-hetero) is 1. The summed E-state index contributed by atoms with van der Waals surface area (Å²) in [5.74, 6) is 0.306. The van der Waals surface area contributed by atoms with Gasteiger partial charge in [-0.25, -0.2) is 4.98 Å². The molecule has 0 radical (unpaired) electrons. The molecule has 0 aliphatic carbocycles. The smallest absolute Gasteiger partial charge is 0.146 e. The Morgan fingerprint density at radius 1 is 1.62 bits per heavy atom. The number of nitrogens with zero attached hydrogens (tertiary/aromatic N) is 2. The number of aromatic nitrogens is 1. The molecule has 1 aliphatic heterocycles. The average molecular weight is 238 g/mol. The molecule has 2 heterocycles. The zero-order valence-electron chi connectivity index (χ0n) is 9.90. The van der Waals surface area contributed by atoms with Crippen molar-refractivity contribution in [1.82, 2.24) is 9.88 Å². The number of carbonyl (C=O) groups excluding carboxylic acids is 1. The molecule has 1 fully saturated rings. The van der Waals surface area contributed by atoms with Gasteiger partial charge in [-0.15, -0.1) is 11.3 Å². The van der Waals surface area contributed by atoms with Gasteiger partial charge < -0.3 is 0 Å². The maximum absolute atomic E-state index is 11.6. The fourth-order valence-electron chi connectivity index (χ4n) is 2.32. The van der Waals surface area contributed by atoms with Crippen molar-refractivity contribution in [3.8, 4) is 0 Å². The second-order valence-electron chi connectivity index (χ2n) is 4.44. The molecule has 1 saturated heterocycles. The van der Waals surface area contributed by atoms with Gasteiger partial charge in [0.25, 0.3) is 0 Å². The van der Waals surface area contributed by atoms with Crippen LogP contribution in [-0.2, 0) is 11.3 Å². The Labute approximate surface area is 100 Å². The minimum absolute atomic E-state index is 0.135. The quantitative estimate of drug-likeness (QED) is 0.810. The van der Waals surface area contributed by atoms with Gasteiger partial charge in [0.2, 0.25) is 0 Å². The van der Waals surface area contributed by atoms with Crippen molar-refractivity contribution in [2.45, 2.75) is 45.7 Å². The first-order valence-electron chi connectivity index (χ1n) is 5.82. The summed E-state index contributed by atoms with van der Waals surface area (Å²) >= 11 is 1.73. The standard InChI is InChI=1S/C12H18N2OS/c1-9(15)12-5-3-4-6-14(12)8-11-7-13-10(2)16-11/h7,12H,3-6,8H2,1-2H3. The molecule has 1 atom stereocenters. The second-order valence-corrected chi connectivity index (χ2v) is 5.76. The van der Waals surface area contributed by atoms with Crippen LogP contribution in [0.15, 0.2) is 6.20 Å². The maximum Gasteiger partial charge on any atom is 0.146 e. The molecule has 1 aliphatic rings. The van der Waals surface area contributed by atoms with Crippen LogP contribution in [-0.4, -0.2) is 28.3 Å². The molecule has 0 aromatic carbocycles. The first-order chi connectivity index (χ1) is 7.66. The molecule has 0 N–H and O–H groups in total. The van der Waals surface area contributed by atoms with Crippen molar-refractivity contribution in [3.05, 3.63) is 16.1 Å². The Kier molecular flexibility index (Phi) is 3.71. The predicted molar refractivity (Wildman–Crippen MR) is 65.6 cm³/mol. The fraction of sp³-hybridized carbons (Fsp3) is 0.667. The Morgan fingerprint density at radius 3 is 3.06 bits per heavy atom. The van der Waals surface area contributed by atoms with Gasteiger partial charge in [-0.2, -0.15) is 0 Å². The van der Waals surface area contributed by atoms with E-state index in [0.717, 1.165) is 24.5 Å². The van der Waals surface area contributed by atoms with Gasteiger partial charge in [0.05, 0.1) is 11.0 Å². The number of thiazole rings is 1. The predicted octanol–water partition coefficient (Wildman–Crippen LogP) is 2.40. The molecule has 88 valence electrons. The van der Waals surface area contributed by atoms with Crippen molar-refractivity contribution in [1.29, 1.82) is 0 Å². The molecule has 1 unspecified atom stereocenters. The van der Waals surface area contributed by atoms with Crippen LogP contribution in [0.4, 0.5) is 0 Å². The van der Waals surface area contributed by atoms with Crippen molar-refractivity contribution in [3.63, 3.8) is 0 Å². The highest BCUT2D eigenvalue weighted by Gasteiger charge is 2.26. The lowest BCUT2D eigenvalue weighted by Crippen LogP contribution is -2.42. The molecule has 16 heavy (non-hydrogen) atoms. The summed E-state index contributed by atoms with van der Waals surface area (Å²) in [5.41, 5.74) is 0. The van der Waals surface area contributed by atoms with Crippen LogP contribution in [0, 0.1) is 6.92 Å². The second kappa shape index (κ2) is 5.06.